The number of nitrogens with zero attached hydrogens (tertiary/aromatic N) is 6. The van der Waals surface area contributed by atoms with E-state index < -0.39 is 6.10 Å². The molecule has 0 radical (unpaired) electrons. The molecule has 54 heavy (non-hydrogen) atoms. The summed E-state index contributed by atoms with van der Waals surface area (Å²) >= 11 is 0. The average molecular weight is 814 g/mol. The molecule has 0 saturated carbocycles. The molecule has 0 amide bonds. The molecule has 1 N–H and O–H groups in total. The van der Waals surface area contributed by atoms with Gasteiger partial charge in [0.1, 0.15) is 29.6 Å². The molecule has 2 aromatic carbocycles. The molecule has 1 unspecified atom stereocenters. The van der Waals surface area contributed by atoms with E-state index in [1.54, 1.807) is 31.5 Å². The number of aliphatic hydroxyl groups excluding tert-OH is 1. The van der Waals surface area contributed by atoms with Crippen LogP contribution in [-0.2, 0) is 40.2 Å². The zero-order valence-corrected chi connectivity index (χ0v) is 33.6. The van der Waals surface area contributed by atoms with Crippen LogP contribution in [0.15, 0.2) is 70.9 Å². The molecule has 2 fully saturated rings. The van der Waals surface area contributed by atoms with Gasteiger partial charge in [-0.15, -0.1) is 0 Å². The van der Waals surface area contributed by atoms with E-state index in [-0.39, 0.29) is 65.5 Å². The Bertz CT molecular complexity index is 1990. The second kappa shape index (κ2) is 19.8. The number of hydrogen-bond donors (Lipinski definition) is 1. The van der Waals surface area contributed by atoms with Crippen LogP contribution in [0.4, 0.5) is 20.4 Å². The smallest absolute Gasteiger partial charge is 1.00 e. The number of carbonyl (C=O) groups is 1. The van der Waals surface area contributed by atoms with Gasteiger partial charge in [0.05, 0.1) is 57.0 Å². The molecule has 6 heterocycles. The summed E-state index contributed by atoms with van der Waals surface area (Å²) in [6, 6.07) is 14.5. The van der Waals surface area contributed by atoms with Crippen molar-refractivity contribution >= 4 is 52.4 Å². The van der Waals surface area contributed by atoms with Gasteiger partial charge >= 0.3 is 23.1 Å². The minimum absolute atomic E-state index is 0. The maximum absolute atomic E-state index is 14.3. The number of hydrogen-bond acceptors (Lipinski definition) is 10. The van der Waals surface area contributed by atoms with Crippen LogP contribution >= 0.6 is 0 Å². The van der Waals surface area contributed by atoms with Gasteiger partial charge in [0.2, 0.25) is 0 Å². The summed E-state index contributed by atoms with van der Waals surface area (Å²) < 4.78 is 39.1. The minimum Gasteiger partial charge on any atom is -1.00 e. The molecule has 280 valence electrons. The van der Waals surface area contributed by atoms with Crippen LogP contribution in [0.3, 0.4) is 0 Å². The molecule has 4 aromatic rings. The number of aliphatic hydroxyl groups is 1. The number of morpholine rings is 2. The van der Waals surface area contributed by atoms with E-state index in [1.165, 1.54) is 6.07 Å². The van der Waals surface area contributed by atoms with E-state index in [1.807, 2.05) is 30.3 Å². The first-order chi connectivity index (χ1) is 24.9. The first-order valence-electron chi connectivity index (χ1n) is 17.3. The van der Waals surface area contributed by atoms with E-state index in [0.717, 1.165) is 88.9 Å². The van der Waals surface area contributed by atoms with Gasteiger partial charge < -0.3 is 53.6 Å². The van der Waals surface area contributed by atoms with Crippen molar-refractivity contribution in [3.8, 4) is 0 Å². The van der Waals surface area contributed by atoms with Crippen molar-refractivity contribution < 1.29 is 45.1 Å². The number of pyridine rings is 2. The quantitative estimate of drug-likeness (QED) is 0.162. The van der Waals surface area contributed by atoms with Gasteiger partial charge in [-0.1, -0.05) is 0 Å². The zero-order valence-electron chi connectivity index (χ0n) is 30.6. The molecule has 10 nitrogen and oxygen atoms in total. The Hall–Kier alpha value is -3.66. The standard InChI is InChI=1S/C20H22FN3O2.C19H18FN3O2.CH3.BrH.Mg/c1-13(25)8-15-9-17-16(10-18(15)21)12-23-20(17)14-2-3-22-19(11-14)24-4-6-26-7-5-24;20-17-10-15-12-22-19(16(15)9-13(17)2-6-24)14-1-3-21-18(11-14)23-4-7-25-8-5-23;;;/h2-3,9-11,13,25H,4-8,12H2,1H3;1,3,6,9-11H,2,4-5,7-8,12H2;1H3;1H;/q;;-1;;+2/p-1. The first kappa shape index (κ1) is 43.1. The van der Waals surface area contributed by atoms with E-state index in [2.05, 4.69) is 29.8 Å². The molecule has 8 rings (SSSR count). The van der Waals surface area contributed by atoms with E-state index >= 15 is 0 Å². The fourth-order valence-electron chi connectivity index (χ4n) is 6.80. The summed E-state index contributed by atoms with van der Waals surface area (Å²) in [5.41, 5.74) is 8.15. The van der Waals surface area contributed by atoms with Crippen LogP contribution < -0.4 is 26.8 Å². The van der Waals surface area contributed by atoms with Gasteiger partial charge in [0, 0.05) is 73.7 Å². The van der Waals surface area contributed by atoms with Crippen LogP contribution in [0.1, 0.15) is 51.4 Å². The number of rotatable bonds is 8. The van der Waals surface area contributed by atoms with Crippen molar-refractivity contribution in [3.63, 3.8) is 0 Å². The Kier molecular flexibility index (Phi) is 15.8. The number of ether oxygens (including phenoxy) is 2. The normalized spacial score (nSPS) is 16.2. The second-order valence-electron chi connectivity index (χ2n) is 13.0. The Balaban J connectivity index is 0.000000228. The summed E-state index contributed by atoms with van der Waals surface area (Å²) in [4.78, 5) is 33.3. The zero-order chi connectivity index (χ0) is 35.3. The third-order valence-corrected chi connectivity index (χ3v) is 9.40. The fraction of sp³-hybridized carbons (Fsp3) is 0.350. The number of aldehydes is 1. The van der Waals surface area contributed by atoms with Crippen LogP contribution in [0.2, 0.25) is 0 Å². The molecule has 0 aliphatic carbocycles. The molecule has 4 aliphatic heterocycles. The van der Waals surface area contributed by atoms with Gasteiger partial charge in [0.15, 0.2) is 0 Å². The Labute approximate surface area is 341 Å². The van der Waals surface area contributed by atoms with Crippen LogP contribution in [0.5, 0.6) is 0 Å². The SMILES string of the molecule is CC(O)Cc1cc2c(cc1F)CN=C2c1ccnc(N2CCOCC2)c1.O=CCc1cc2c(cc1F)CN=C2c1ccnc(N2CCOCC2)c1.[Br-].[CH3-].[Mg+2]. The number of benzene rings is 2. The number of carbonyl (C=O) groups excluding carboxylic acids is 1. The van der Waals surface area contributed by atoms with Gasteiger partial charge in [-0.2, -0.15) is 0 Å². The molecule has 0 bridgehead atoms. The van der Waals surface area contributed by atoms with Gasteiger partial charge in [-0.25, -0.2) is 18.7 Å². The summed E-state index contributed by atoms with van der Waals surface area (Å²) in [5, 5.41) is 9.62. The Morgan fingerprint density at radius 3 is 1.65 bits per heavy atom. The van der Waals surface area contributed by atoms with Crippen molar-refractivity contribution in [2.24, 2.45) is 9.98 Å². The third kappa shape index (κ3) is 9.76. The molecule has 0 spiro atoms. The van der Waals surface area contributed by atoms with Crippen molar-refractivity contribution in [1.82, 2.24) is 9.97 Å². The Morgan fingerprint density at radius 2 is 1.20 bits per heavy atom. The number of fused-ring (bicyclic) bond motifs is 2. The van der Waals surface area contributed by atoms with E-state index in [9.17, 15) is 18.7 Å². The van der Waals surface area contributed by atoms with Crippen molar-refractivity contribution in [3.05, 3.63) is 124 Å². The maximum Gasteiger partial charge on any atom is 2.00 e. The predicted octanol–water partition coefficient (Wildman–Crippen LogP) is 1.55. The van der Waals surface area contributed by atoms with E-state index in [4.69, 9.17) is 9.47 Å². The van der Waals surface area contributed by atoms with E-state index in [0.29, 0.717) is 57.1 Å². The van der Waals surface area contributed by atoms with Crippen molar-refractivity contribution in [2.45, 2.75) is 39.0 Å². The molecule has 14 heteroatoms. The molecule has 2 saturated heterocycles. The van der Waals surface area contributed by atoms with Crippen molar-refractivity contribution in [1.29, 1.82) is 0 Å². The molecule has 4 aliphatic rings. The predicted molar refractivity (Wildman–Crippen MR) is 203 cm³/mol. The second-order valence-corrected chi connectivity index (χ2v) is 13.0. The topological polar surface area (TPSA) is 113 Å². The largest absolute Gasteiger partial charge is 2.00 e. The van der Waals surface area contributed by atoms with Crippen LogP contribution in [0, 0.1) is 19.1 Å². The van der Waals surface area contributed by atoms with Crippen LogP contribution in [0.25, 0.3) is 0 Å². The summed E-state index contributed by atoms with van der Waals surface area (Å²) in [7, 11) is 0. The third-order valence-electron chi connectivity index (χ3n) is 9.40. The number of aromatic nitrogens is 2. The van der Waals surface area contributed by atoms with Crippen molar-refractivity contribution in [2.75, 3.05) is 62.4 Å². The average Bonchev–Trinajstić information content (AvgIpc) is 3.76. The maximum atomic E-state index is 14.3. The van der Waals surface area contributed by atoms with Gasteiger partial charge in [-0.3, -0.25) is 9.98 Å². The molecule has 1 atom stereocenters. The molecular weight excluding hydrogens is 771 g/mol. The monoisotopic (exact) mass is 812 g/mol. The first-order valence-corrected chi connectivity index (χ1v) is 17.3. The Morgan fingerprint density at radius 1 is 0.759 bits per heavy atom. The number of halogens is 3. The van der Waals surface area contributed by atoms with Gasteiger partial charge in [0.25, 0.3) is 0 Å². The van der Waals surface area contributed by atoms with Crippen LogP contribution in [-0.4, -0.2) is 115 Å². The molecule has 2 aromatic heterocycles. The fourth-order valence-corrected chi connectivity index (χ4v) is 6.80. The summed E-state index contributed by atoms with van der Waals surface area (Å²) in [6.45, 7) is 8.68. The summed E-state index contributed by atoms with van der Waals surface area (Å²) in [6.07, 6.45) is 4.07. The van der Waals surface area contributed by atoms with Gasteiger partial charge in [-0.05, 0) is 77.7 Å². The number of anilines is 2. The number of aliphatic imine (C=N–C) groups is 2. The molecular formula is C40H43BrF2MgN6O4. The minimum atomic E-state index is -0.585. The summed E-state index contributed by atoms with van der Waals surface area (Å²) in [5.74, 6) is 1.19.